The van der Waals surface area contributed by atoms with Gasteiger partial charge in [-0.3, -0.25) is 24.7 Å². The first-order valence-corrected chi connectivity index (χ1v) is 21.8. The summed E-state index contributed by atoms with van der Waals surface area (Å²) in [6.45, 7) is 13.1. The van der Waals surface area contributed by atoms with Crippen LogP contribution in [0.25, 0.3) is 44.9 Å². The molecule has 0 spiro atoms. The van der Waals surface area contributed by atoms with Crippen molar-refractivity contribution in [2.45, 2.75) is 59.2 Å². The summed E-state index contributed by atoms with van der Waals surface area (Å²) in [4.78, 5) is 28.6. The van der Waals surface area contributed by atoms with Gasteiger partial charge in [-0.05, 0) is 125 Å². The van der Waals surface area contributed by atoms with Crippen LogP contribution in [-0.2, 0) is 45.0 Å². The highest BCUT2D eigenvalue weighted by atomic mass is 79.9. The fourth-order valence-corrected chi connectivity index (χ4v) is 7.29. The van der Waals surface area contributed by atoms with Crippen molar-refractivity contribution in [2.24, 2.45) is 0 Å². The number of allylic oxidation sites excluding steroid dienone is 1. The maximum Gasteiger partial charge on any atom is 0.161 e. The maximum absolute atomic E-state index is 11.3. The molecule has 0 saturated heterocycles. The fourth-order valence-electron chi connectivity index (χ4n) is 6.59. The number of aromatic nitrogens is 7. The van der Waals surface area contributed by atoms with Crippen LogP contribution in [0.15, 0.2) is 107 Å². The summed E-state index contributed by atoms with van der Waals surface area (Å²) < 4.78 is 29.2. The summed E-state index contributed by atoms with van der Waals surface area (Å²) in [5, 5.41) is 0. The van der Waals surface area contributed by atoms with Crippen molar-refractivity contribution in [1.29, 1.82) is 0 Å². The molecule has 0 amide bonds. The van der Waals surface area contributed by atoms with E-state index in [4.69, 9.17) is 18.9 Å². The van der Waals surface area contributed by atoms with E-state index in [0.717, 1.165) is 113 Å². The minimum Gasteiger partial charge on any atom is -0.494 e. The SMILES string of the molecule is Brc1cnc2c(c1)CC=C2.C=C(OCC)c1cnc2ccn(CCCOC)c2c1.COCCCn1ccc2ncc(Br)cc21.COCCCn1ccc2ncc(C(C)=O)cc21. The largest absolute Gasteiger partial charge is 0.494 e. The van der Waals surface area contributed by atoms with Gasteiger partial charge in [0.15, 0.2) is 5.78 Å². The van der Waals surface area contributed by atoms with E-state index in [1.165, 1.54) is 11.1 Å². The standard InChI is InChI=1S/C15H20N2O2.C13H16N2O2.C11H13BrN2O.C8H6BrN/c1-4-19-12(2)13-10-15-14(16-11-13)6-8-17(15)7-5-9-18-3;1-10(16)11-8-13-12(14-9-11)4-6-15(13)5-3-7-17-2;1-15-6-2-4-14-5-3-10-11(14)7-9(12)8-13-10;9-7-4-6-2-1-3-8(6)10-5-7/h6,8,10-11H,2,4-5,7,9H2,1,3H3;4,6,8-9H,3,5,7H2,1-2H3;3,5,7-8H,2,4,6H2,1H3;1,3-5H,2H2. The topological polar surface area (TPSA) is 120 Å². The molecule has 0 aliphatic heterocycles. The molecule has 0 fully saturated rings. The van der Waals surface area contributed by atoms with Gasteiger partial charge >= 0.3 is 0 Å². The molecule has 7 heterocycles. The zero-order chi connectivity index (χ0) is 43.6. The van der Waals surface area contributed by atoms with E-state index in [0.29, 0.717) is 17.9 Å². The van der Waals surface area contributed by atoms with Gasteiger partial charge in [-0.2, -0.15) is 0 Å². The molecule has 14 heteroatoms. The number of ether oxygens (including phenoxy) is 4. The van der Waals surface area contributed by atoms with E-state index in [-0.39, 0.29) is 5.78 Å². The van der Waals surface area contributed by atoms with Gasteiger partial charge in [-0.25, -0.2) is 0 Å². The Bertz CT molecular complexity index is 2530. The van der Waals surface area contributed by atoms with Crippen LogP contribution in [0.3, 0.4) is 0 Å². The van der Waals surface area contributed by atoms with Crippen LogP contribution in [-0.4, -0.2) is 87.2 Å². The Kier molecular flexibility index (Phi) is 18.9. The quantitative estimate of drug-likeness (QED) is 0.0530. The molecule has 0 aromatic carbocycles. The third-order valence-electron chi connectivity index (χ3n) is 9.70. The number of fused-ring (bicyclic) bond motifs is 4. The number of carbonyl (C=O) groups is 1. The molecule has 0 saturated carbocycles. The van der Waals surface area contributed by atoms with E-state index >= 15 is 0 Å². The van der Waals surface area contributed by atoms with Crippen molar-refractivity contribution in [3.8, 4) is 0 Å². The molecular formula is C47H55Br2N7O5. The van der Waals surface area contributed by atoms with E-state index in [2.05, 4.69) is 115 Å². The van der Waals surface area contributed by atoms with E-state index in [1.807, 2.05) is 49.8 Å². The van der Waals surface area contributed by atoms with Crippen LogP contribution in [0.1, 0.15) is 60.3 Å². The lowest BCUT2D eigenvalue weighted by atomic mass is 10.2. The van der Waals surface area contributed by atoms with Crippen LogP contribution < -0.4 is 0 Å². The number of halogens is 2. The van der Waals surface area contributed by atoms with Gasteiger partial charge in [0.25, 0.3) is 0 Å². The van der Waals surface area contributed by atoms with Gasteiger partial charge in [-0.15, -0.1) is 0 Å². The molecule has 322 valence electrons. The first-order valence-electron chi connectivity index (χ1n) is 20.3. The molecule has 0 N–H and O–H groups in total. The number of aryl methyl sites for hydroxylation is 3. The average Bonchev–Trinajstić information content (AvgIpc) is 4.08. The Morgan fingerprint density at radius 1 is 0.672 bits per heavy atom. The smallest absolute Gasteiger partial charge is 0.161 e. The number of nitrogens with zero attached hydrogens (tertiary/aromatic N) is 7. The lowest BCUT2D eigenvalue weighted by molar-refractivity contribution is 0.101. The first kappa shape index (κ1) is 47.1. The second kappa shape index (κ2) is 24.5. The van der Waals surface area contributed by atoms with Crippen LogP contribution in [0.4, 0.5) is 0 Å². The van der Waals surface area contributed by atoms with Crippen molar-refractivity contribution in [2.75, 3.05) is 47.8 Å². The van der Waals surface area contributed by atoms with Gasteiger partial charge in [-0.1, -0.05) is 12.7 Å². The highest BCUT2D eigenvalue weighted by Gasteiger charge is 2.09. The molecule has 0 unspecified atom stereocenters. The van der Waals surface area contributed by atoms with Crippen LogP contribution in [0.2, 0.25) is 0 Å². The number of rotatable bonds is 16. The summed E-state index contributed by atoms with van der Waals surface area (Å²) >= 11 is 6.81. The fraction of sp³-hybridized carbons (Fsp3) is 0.340. The van der Waals surface area contributed by atoms with E-state index < -0.39 is 0 Å². The Labute approximate surface area is 374 Å². The molecule has 7 aromatic heterocycles. The lowest BCUT2D eigenvalue weighted by Crippen LogP contribution is -2.01. The van der Waals surface area contributed by atoms with Gasteiger partial charge in [0.1, 0.15) is 5.76 Å². The van der Waals surface area contributed by atoms with Crippen molar-refractivity contribution < 1.29 is 23.7 Å². The highest BCUT2D eigenvalue weighted by molar-refractivity contribution is 9.10. The Hall–Kier alpha value is -4.99. The number of methoxy groups -OCH3 is 3. The third-order valence-corrected chi connectivity index (χ3v) is 10.6. The summed E-state index contributed by atoms with van der Waals surface area (Å²) in [7, 11) is 5.15. The number of hydrogen-bond acceptors (Lipinski definition) is 9. The monoisotopic (exact) mass is 955 g/mol. The van der Waals surface area contributed by atoms with E-state index in [1.54, 1.807) is 40.6 Å². The molecule has 7 aromatic rings. The molecular weight excluding hydrogens is 902 g/mol. The highest BCUT2D eigenvalue weighted by Crippen LogP contribution is 2.22. The van der Waals surface area contributed by atoms with Crippen molar-refractivity contribution in [3.63, 3.8) is 0 Å². The third kappa shape index (κ3) is 13.8. The van der Waals surface area contributed by atoms with Gasteiger partial charge < -0.3 is 32.6 Å². The van der Waals surface area contributed by atoms with Crippen molar-refractivity contribution >= 4 is 82.6 Å². The number of Topliss-reactive ketones (excluding diaryl/α,β-unsaturated/α-hetero) is 1. The number of hydrogen-bond donors (Lipinski definition) is 0. The molecule has 1 aliphatic rings. The zero-order valence-electron chi connectivity index (χ0n) is 35.7. The predicted octanol–water partition coefficient (Wildman–Crippen LogP) is 10.6. The Morgan fingerprint density at radius 3 is 1.64 bits per heavy atom. The molecule has 1 aliphatic carbocycles. The zero-order valence-corrected chi connectivity index (χ0v) is 38.8. The number of pyridine rings is 4. The molecule has 8 rings (SSSR count). The summed E-state index contributed by atoms with van der Waals surface area (Å²) in [5.41, 5.74) is 10.3. The minimum atomic E-state index is 0.0454. The van der Waals surface area contributed by atoms with E-state index in [9.17, 15) is 4.79 Å². The second-order valence-corrected chi connectivity index (χ2v) is 15.9. The van der Waals surface area contributed by atoms with Crippen LogP contribution >= 0.6 is 31.9 Å². The van der Waals surface area contributed by atoms with Gasteiger partial charge in [0.2, 0.25) is 0 Å². The number of carbonyl (C=O) groups excluding carboxylic acids is 1. The average molecular weight is 958 g/mol. The second-order valence-electron chi connectivity index (χ2n) is 14.1. The lowest BCUT2D eigenvalue weighted by Gasteiger charge is -2.08. The first-order chi connectivity index (χ1) is 29.6. The molecule has 12 nitrogen and oxygen atoms in total. The molecule has 0 bridgehead atoms. The normalized spacial score (nSPS) is 11.4. The van der Waals surface area contributed by atoms with Crippen LogP contribution in [0.5, 0.6) is 0 Å². The van der Waals surface area contributed by atoms with Crippen LogP contribution in [0, 0.1) is 0 Å². The van der Waals surface area contributed by atoms with Crippen molar-refractivity contribution in [3.05, 3.63) is 130 Å². The Balaban J connectivity index is 0.000000157. The van der Waals surface area contributed by atoms with Crippen molar-refractivity contribution in [1.82, 2.24) is 33.6 Å². The summed E-state index contributed by atoms with van der Waals surface area (Å²) in [6.07, 6.45) is 21.4. The summed E-state index contributed by atoms with van der Waals surface area (Å²) in [5.74, 6) is 0.714. The molecule has 61 heavy (non-hydrogen) atoms. The molecule has 0 atom stereocenters. The summed E-state index contributed by atoms with van der Waals surface area (Å²) in [6, 6.07) is 14.2. The maximum atomic E-state index is 11.3. The number of ketones is 1. The van der Waals surface area contributed by atoms with Gasteiger partial charge in [0, 0.05) is 124 Å². The minimum absolute atomic E-state index is 0.0454. The Morgan fingerprint density at radius 2 is 1.13 bits per heavy atom. The van der Waals surface area contributed by atoms with Gasteiger partial charge in [0.05, 0.1) is 45.4 Å². The predicted molar refractivity (Wildman–Crippen MR) is 252 cm³/mol. The molecule has 0 radical (unpaired) electrons.